The van der Waals surface area contributed by atoms with Crippen LogP contribution in [-0.4, -0.2) is 25.3 Å². The molecule has 0 bridgehead atoms. The molecule has 0 aliphatic rings. The number of aromatic nitrogens is 1. The van der Waals surface area contributed by atoms with Crippen LogP contribution in [0.25, 0.3) is 10.9 Å². The van der Waals surface area contributed by atoms with Gasteiger partial charge >= 0.3 is 0 Å². The van der Waals surface area contributed by atoms with Crippen molar-refractivity contribution in [2.24, 2.45) is 0 Å². The number of nitrogens with one attached hydrogen (secondary N) is 2. The van der Waals surface area contributed by atoms with Gasteiger partial charge in [-0.2, -0.15) is 5.48 Å². The van der Waals surface area contributed by atoms with Gasteiger partial charge in [-0.1, -0.05) is 17.7 Å². The molecule has 0 saturated heterocycles. The van der Waals surface area contributed by atoms with Gasteiger partial charge in [0.15, 0.2) is 0 Å². The first-order valence-electron chi connectivity index (χ1n) is 5.40. The average molecular weight is 255 g/mol. The predicted octanol–water partition coefficient (Wildman–Crippen LogP) is 2.49. The van der Waals surface area contributed by atoms with Crippen molar-refractivity contribution < 1.29 is 9.57 Å². The Morgan fingerprint density at radius 1 is 1.35 bits per heavy atom. The molecule has 2 rings (SSSR count). The highest BCUT2D eigenvalue weighted by Gasteiger charge is 2.03. The number of ether oxygens (including phenoxy) is 1. The topological polar surface area (TPSA) is 46.3 Å². The lowest BCUT2D eigenvalue weighted by atomic mass is 10.2. The largest absolute Gasteiger partial charge is 0.382 e. The molecule has 2 N–H and O–H groups in total. The van der Waals surface area contributed by atoms with Crippen molar-refractivity contribution in [1.82, 2.24) is 10.5 Å². The Labute approximate surface area is 105 Å². The zero-order valence-electron chi connectivity index (χ0n) is 9.63. The van der Waals surface area contributed by atoms with Gasteiger partial charge in [-0.25, -0.2) is 0 Å². The second kappa shape index (κ2) is 6.02. The van der Waals surface area contributed by atoms with Gasteiger partial charge in [0, 0.05) is 35.8 Å². The van der Waals surface area contributed by atoms with E-state index < -0.39 is 0 Å². The molecule has 0 saturated carbocycles. The van der Waals surface area contributed by atoms with Crippen LogP contribution < -0.4 is 5.48 Å². The standard InChI is InChI=1S/C12H15ClN2O2/c1-16-4-5-17-15-8-9-7-14-12-6-10(13)2-3-11(9)12/h2-3,6-7,14-15H,4-5,8H2,1H3. The minimum Gasteiger partial charge on any atom is -0.382 e. The van der Waals surface area contributed by atoms with Crippen LogP contribution in [0.15, 0.2) is 24.4 Å². The van der Waals surface area contributed by atoms with E-state index in [1.165, 1.54) is 0 Å². The summed E-state index contributed by atoms with van der Waals surface area (Å²) in [6.07, 6.45) is 1.95. The van der Waals surface area contributed by atoms with Crippen LogP contribution in [0.5, 0.6) is 0 Å². The fourth-order valence-electron chi connectivity index (χ4n) is 1.63. The number of hydrogen-bond acceptors (Lipinski definition) is 3. The Morgan fingerprint density at radius 3 is 3.06 bits per heavy atom. The van der Waals surface area contributed by atoms with Crippen LogP contribution in [0.2, 0.25) is 5.02 Å². The van der Waals surface area contributed by atoms with Crippen molar-refractivity contribution in [3.8, 4) is 0 Å². The molecular formula is C12H15ClN2O2. The van der Waals surface area contributed by atoms with E-state index >= 15 is 0 Å². The quantitative estimate of drug-likeness (QED) is 0.615. The number of rotatable bonds is 6. The Morgan fingerprint density at radius 2 is 2.24 bits per heavy atom. The van der Waals surface area contributed by atoms with E-state index in [2.05, 4.69) is 10.5 Å². The lowest BCUT2D eigenvalue weighted by Crippen LogP contribution is -2.16. The molecule has 1 heterocycles. The number of hydroxylamine groups is 1. The summed E-state index contributed by atoms with van der Waals surface area (Å²) >= 11 is 5.92. The van der Waals surface area contributed by atoms with Crippen LogP contribution in [0.4, 0.5) is 0 Å². The molecular weight excluding hydrogens is 240 g/mol. The average Bonchev–Trinajstić information content (AvgIpc) is 2.71. The highest BCUT2D eigenvalue weighted by atomic mass is 35.5. The molecule has 1 aromatic carbocycles. The lowest BCUT2D eigenvalue weighted by molar-refractivity contribution is 0.00363. The lowest BCUT2D eigenvalue weighted by Gasteiger charge is -2.04. The maximum absolute atomic E-state index is 5.92. The third-order valence-electron chi connectivity index (χ3n) is 2.48. The van der Waals surface area contributed by atoms with Crippen LogP contribution in [0.1, 0.15) is 5.56 Å². The second-order valence-electron chi connectivity index (χ2n) is 3.67. The molecule has 4 nitrogen and oxygen atoms in total. The maximum Gasteiger partial charge on any atom is 0.0916 e. The summed E-state index contributed by atoms with van der Waals surface area (Å²) in [5.74, 6) is 0. The van der Waals surface area contributed by atoms with Gasteiger partial charge in [-0.15, -0.1) is 0 Å². The van der Waals surface area contributed by atoms with E-state index in [1.807, 2.05) is 24.4 Å². The number of fused-ring (bicyclic) bond motifs is 1. The van der Waals surface area contributed by atoms with Crippen molar-refractivity contribution in [3.63, 3.8) is 0 Å². The zero-order chi connectivity index (χ0) is 12.1. The number of halogens is 1. The Hall–Kier alpha value is -1.07. The SMILES string of the molecule is COCCONCc1c[nH]c2cc(Cl)ccc12. The van der Waals surface area contributed by atoms with Crippen molar-refractivity contribution in [2.45, 2.75) is 6.54 Å². The number of methoxy groups -OCH3 is 1. The monoisotopic (exact) mass is 254 g/mol. The zero-order valence-corrected chi connectivity index (χ0v) is 10.4. The minimum atomic E-state index is 0.532. The summed E-state index contributed by atoms with van der Waals surface area (Å²) in [6, 6.07) is 5.79. The summed E-state index contributed by atoms with van der Waals surface area (Å²) < 4.78 is 4.88. The fourth-order valence-corrected chi connectivity index (χ4v) is 1.80. The molecule has 0 radical (unpaired) electrons. The first-order chi connectivity index (χ1) is 8.31. The van der Waals surface area contributed by atoms with Gasteiger partial charge in [0.25, 0.3) is 0 Å². The molecule has 0 aliphatic carbocycles. The minimum absolute atomic E-state index is 0.532. The normalized spacial score (nSPS) is 11.2. The number of aromatic amines is 1. The van der Waals surface area contributed by atoms with E-state index in [1.54, 1.807) is 7.11 Å². The van der Waals surface area contributed by atoms with Crippen LogP contribution in [0, 0.1) is 0 Å². The van der Waals surface area contributed by atoms with Gasteiger partial charge in [-0.05, 0) is 17.7 Å². The van der Waals surface area contributed by atoms with Crippen molar-refractivity contribution >= 4 is 22.5 Å². The Bertz CT molecular complexity index is 484. The maximum atomic E-state index is 5.92. The van der Waals surface area contributed by atoms with Crippen molar-refractivity contribution in [3.05, 3.63) is 35.0 Å². The van der Waals surface area contributed by atoms with Crippen LogP contribution >= 0.6 is 11.6 Å². The van der Waals surface area contributed by atoms with Gasteiger partial charge in [0.2, 0.25) is 0 Å². The van der Waals surface area contributed by atoms with E-state index in [9.17, 15) is 0 Å². The molecule has 0 amide bonds. The van der Waals surface area contributed by atoms with E-state index in [4.69, 9.17) is 21.2 Å². The van der Waals surface area contributed by atoms with Gasteiger partial charge in [-0.3, -0.25) is 4.84 Å². The number of H-pyrrole nitrogens is 1. The third kappa shape index (κ3) is 3.20. The van der Waals surface area contributed by atoms with E-state index in [-0.39, 0.29) is 0 Å². The molecule has 0 unspecified atom stereocenters. The van der Waals surface area contributed by atoms with Gasteiger partial charge < -0.3 is 9.72 Å². The molecule has 5 heteroatoms. The first-order valence-corrected chi connectivity index (χ1v) is 5.78. The fraction of sp³-hybridized carbons (Fsp3) is 0.333. The van der Waals surface area contributed by atoms with Gasteiger partial charge in [0.1, 0.15) is 0 Å². The third-order valence-corrected chi connectivity index (χ3v) is 2.72. The molecule has 0 atom stereocenters. The Balaban J connectivity index is 1.95. The second-order valence-corrected chi connectivity index (χ2v) is 4.10. The summed E-state index contributed by atoms with van der Waals surface area (Å²) in [4.78, 5) is 8.38. The molecule has 0 fully saturated rings. The predicted molar refractivity (Wildman–Crippen MR) is 68.0 cm³/mol. The number of benzene rings is 1. The molecule has 17 heavy (non-hydrogen) atoms. The summed E-state index contributed by atoms with van der Waals surface area (Å²) in [7, 11) is 1.65. The highest BCUT2D eigenvalue weighted by Crippen LogP contribution is 2.21. The summed E-state index contributed by atoms with van der Waals surface area (Å²) in [5, 5.41) is 1.88. The molecule has 1 aromatic heterocycles. The first kappa shape index (κ1) is 12.4. The van der Waals surface area contributed by atoms with Crippen molar-refractivity contribution in [2.75, 3.05) is 20.3 Å². The van der Waals surface area contributed by atoms with Crippen LogP contribution in [-0.2, 0) is 16.1 Å². The van der Waals surface area contributed by atoms with Crippen molar-refractivity contribution in [1.29, 1.82) is 0 Å². The molecule has 0 spiro atoms. The van der Waals surface area contributed by atoms with E-state index in [0.717, 1.165) is 21.5 Å². The molecule has 2 aromatic rings. The molecule has 92 valence electrons. The summed E-state index contributed by atoms with van der Waals surface area (Å²) in [5.41, 5.74) is 5.08. The summed E-state index contributed by atoms with van der Waals surface area (Å²) in [6.45, 7) is 1.76. The smallest absolute Gasteiger partial charge is 0.0916 e. The molecule has 0 aliphatic heterocycles. The van der Waals surface area contributed by atoms with E-state index in [0.29, 0.717) is 19.8 Å². The number of hydrogen-bond donors (Lipinski definition) is 2. The highest BCUT2D eigenvalue weighted by molar-refractivity contribution is 6.31. The van der Waals surface area contributed by atoms with Crippen LogP contribution in [0.3, 0.4) is 0 Å². The Kier molecular flexibility index (Phi) is 4.39. The van der Waals surface area contributed by atoms with Gasteiger partial charge in [0.05, 0.1) is 13.2 Å².